The molecule has 0 aliphatic rings. The second-order valence-corrected chi connectivity index (χ2v) is 6.85. The number of imidazole rings is 1. The first-order chi connectivity index (χ1) is 9.87. The minimum atomic E-state index is -3.74. The van der Waals surface area contributed by atoms with Crippen LogP contribution in [0.1, 0.15) is 12.7 Å². The van der Waals surface area contributed by atoms with Gasteiger partial charge < -0.3 is 9.30 Å². The number of sulfonamides is 1. The van der Waals surface area contributed by atoms with Gasteiger partial charge in [-0.2, -0.15) is 8.42 Å². The molecule has 1 heterocycles. The van der Waals surface area contributed by atoms with Gasteiger partial charge in [-0.3, -0.25) is 4.72 Å². The van der Waals surface area contributed by atoms with Crippen molar-refractivity contribution in [3.8, 4) is 5.75 Å². The van der Waals surface area contributed by atoms with Crippen molar-refractivity contribution in [3.63, 3.8) is 0 Å². The fraction of sp³-hybridized carbons (Fsp3) is 0.308. The highest BCUT2D eigenvalue weighted by Gasteiger charge is 2.20. The molecule has 114 valence electrons. The van der Waals surface area contributed by atoms with E-state index in [1.807, 2.05) is 6.92 Å². The predicted octanol–water partition coefficient (Wildman–Crippen LogP) is 2.78. The number of aromatic nitrogens is 2. The number of aryl methyl sites for hydroxylation is 2. The van der Waals surface area contributed by atoms with Crippen LogP contribution in [0, 0.1) is 6.92 Å². The zero-order valence-electron chi connectivity index (χ0n) is 11.9. The van der Waals surface area contributed by atoms with E-state index in [1.165, 1.54) is 13.3 Å². The van der Waals surface area contributed by atoms with Crippen LogP contribution in [0.25, 0.3) is 0 Å². The zero-order chi connectivity index (χ0) is 15.6. The lowest BCUT2D eigenvalue weighted by Crippen LogP contribution is -2.14. The van der Waals surface area contributed by atoms with Gasteiger partial charge in [-0.15, -0.1) is 0 Å². The molecule has 8 heteroatoms. The van der Waals surface area contributed by atoms with Crippen LogP contribution in [0.5, 0.6) is 5.75 Å². The van der Waals surface area contributed by atoms with Gasteiger partial charge in [0, 0.05) is 23.3 Å². The summed E-state index contributed by atoms with van der Waals surface area (Å²) < 4.78 is 34.8. The molecule has 0 bridgehead atoms. The Kier molecular flexibility index (Phi) is 4.58. The third-order valence-corrected chi connectivity index (χ3v) is 4.92. The van der Waals surface area contributed by atoms with E-state index < -0.39 is 10.0 Å². The molecule has 6 nitrogen and oxygen atoms in total. The maximum atomic E-state index is 12.4. The van der Waals surface area contributed by atoms with Crippen molar-refractivity contribution in [2.24, 2.45) is 0 Å². The highest BCUT2D eigenvalue weighted by atomic mass is 79.9. The summed E-state index contributed by atoms with van der Waals surface area (Å²) in [6.45, 7) is 4.36. The van der Waals surface area contributed by atoms with Crippen molar-refractivity contribution >= 4 is 31.6 Å². The molecule has 0 saturated carbocycles. The lowest BCUT2D eigenvalue weighted by molar-refractivity contribution is 0.415. The van der Waals surface area contributed by atoms with E-state index in [1.54, 1.807) is 29.7 Å². The van der Waals surface area contributed by atoms with Crippen LogP contribution >= 0.6 is 15.9 Å². The lowest BCUT2D eigenvalue weighted by atomic mass is 10.3. The van der Waals surface area contributed by atoms with Crippen LogP contribution < -0.4 is 9.46 Å². The van der Waals surface area contributed by atoms with E-state index in [4.69, 9.17) is 4.74 Å². The number of halogens is 1. The molecule has 0 radical (unpaired) electrons. The van der Waals surface area contributed by atoms with Gasteiger partial charge in [-0.25, -0.2) is 4.98 Å². The van der Waals surface area contributed by atoms with Crippen LogP contribution in [0.15, 0.2) is 33.9 Å². The largest absolute Gasteiger partial charge is 0.497 e. The molecule has 0 unspecified atom stereocenters. The van der Waals surface area contributed by atoms with Gasteiger partial charge in [0.15, 0.2) is 5.03 Å². The first-order valence-corrected chi connectivity index (χ1v) is 8.55. The minimum absolute atomic E-state index is 0.00318. The van der Waals surface area contributed by atoms with Crippen molar-refractivity contribution < 1.29 is 13.2 Å². The molecule has 0 saturated heterocycles. The SMILES string of the molecule is CCn1cc(S(=O)(=O)Nc2cc(OC)ccc2Br)nc1C. The molecule has 0 aliphatic heterocycles. The van der Waals surface area contributed by atoms with E-state index in [0.29, 0.717) is 28.3 Å². The fourth-order valence-corrected chi connectivity index (χ4v) is 3.39. The minimum Gasteiger partial charge on any atom is -0.497 e. The summed E-state index contributed by atoms with van der Waals surface area (Å²) in [5.41, 5.74) is 0.401. The molecule has 0 atom stereocenters. The second kappa shape index (κ2) is 6.07. The fourth-order valence-electron chi connectivity index (χ4n) is 1.84. The van der Waals surface area contributed by atoms with E-state index in [9.17, 15) is 8.42 Å². The molecule has 1 aromatic heterocycles. The van der Waals surface area contributed by atoms with Gasteiger partial charge in [0.2, 0.25) is 0 Å². The number of rotatable bonds is 5. The summed E-state index contributed by atoms with van der Waals surface area (Å²) in [5.74, 6) is 1.22. The number of hydrogen-bond donors (Lipinski definition) is 1. The molecule has 1 aromatic carbocycles. The van der Waals surface area contributed by atoms with Crippen molar-refractivity contribution in [3.05, 3.63) is 34.7 Å². The Morgan fingerprint density at radius 3 is 2.71 bits per heavy atom. The molecule has 2 rings (SSSR count). The summed E-state index contributed by atoms with van der Waals surface area (Å²) >= 11 is 3.31. The molecule has 2 aromatic rings. The van der Waals surface area contributed by atoms with Gasteiger partial charge in [-0.1, -0.05) is 0 Å². The summed E-state index contributed by atoms with van der Waals surface area (Å²) in [7, 11) is -2.22. The molecular formula is C13H16BrN3O3S. The molecule has 0 fully saturated rings. The maximum Gasteiger partial charge on any atom is 0.280 e. The number of methoxy groups -OCH3 is 1. The Hall–Kier alpha value is -1.54. The molecule has 21 heavy (non-hydrogen) atoms. The lowest BCUT2D eigenvalue weighted by Gasteiger charge is -2.09. The van der Waals surface area contributed by atoms with E-state index in [0.717, 1.165) is 0 Å². The number of hydrogen-bond acceptors (Lipinski definition) is 4. The third-order valence-electron chi connectivity index (χ3n) is 2.99. The average molecular weight is 374 g/mol. The zero-order valence-corrected chi connectivity index (χ0v) is 14.3. The molecule has 0 aliphatic carbocycles. The molecular weight excluding hydrogens is 358 g/mol. The second-order valence-electron chi connectivity index (χ2n) is 4.36. The average Bonchev–Trinajstić information content (AvgIpc) is 2.83. The van der Waals surface area contributed by atoms with E-state index in [-0.39, 0.29) is 5.03 Å². The highest BCUT2D eigenvalue weighted by Crippen LogP contribution is 2.29. The van der Waals surface area contributed by atoms with Gasteiger partial charge >= 0.3 is 0 Å². The molecule has 0 amide bonds. The molecule has 0 spiro atoms. The topological polar surface area (TPSA) is 73.2 Å². The van der Waals surface area contributed by atoms with Crippen molar-refractivity contribution in [1.29, 1.82) is 0 Å². The Morgan fingerprint density at radius 1 is 1.43 bits per heavy atom. The van der Waals surface area contributed by atoms with Gasteiger partial charge in [0.05, 0.1) is 12.8 Å². The number of anilines is 1. The summed E-state index contributed by atoms with van der Waals surface area (Å²) in [6.07, 6.45) is 1.52. The van der Waals surface area contributed by atoms with Crippen LogP contribution in [-0.2, 0) is 16.6 Å². The number of ether oxygens (including phenoxy) is 1. The van der Waals surface area contributed by atoms with Crippen molar-refractivity contribution in [1.82, 2.24) is 9.55 Å². The highest BCUT2D eigenvalue weighted by molar-refractivity contribution is 9.10. The van der Waals surface area contributed by atoms with Gasteiger partial charge in [0.1, 0.15) is 11.6 Å². The Morgan fingerprint density at radius 2 is 2.14 bits per heavy atom. The smallest absolute Gasteiger partial charge is 0.280 e. The van der Waals surface area contributed by atoms with Crippen LogP contribution in [0.2, 0.25) is 0 Å². The summed E-state index contributed by atoms with van der Waals surface area (Å²) in [6, 6.07) is 5.05. The van der Waals surface area contributed by atoms with Gasteiger partial charge in [-0.05, 0) is 41.9 Å². The Balaban J connectivity index is 2.37. The predicted molar refractivity (Wildman–Crippen MR) is 84.1 cm³/mol. The normalized spacial score (nSPS) is 11.4. The number of nitrogens with one attached hydrogen (secondary N) is 1. The van der Waals surface area contributed by atoms with Crippen LogP contribution in [-0.4, -0.2) is 25.1 Å². The monoisotopic (exact) mass is 373 g/mol. The Bertz CT molecular complexity index is 756. The summed E-state index contributed by atoms with van der Waals surface area (Å²) in [4.78, 5) is 4.09. The van der Waals surface area contributed by atoms with Crippen LogP contribution in [0.3, 0.4) is 0 Å². The first-order valence-electron chi connectivity index (χ1n) is 6.27. The number of nitrogens with zero attached hydrogens (tertiary/aromatic N) is 2. The maximum absolute atomic E-state index is 12.4. The number of benzene rings is 1. The molecule has 1 N–H and O–H groups in total. The van der Waals surface area contributed by atoms with E-state index >= 15 is 0 Å². The van der Waals surface area contributed by atoms with Crippen LogP contribution in [0.4, 0.5) is 5.69 Å². The van der Waals surface area contributed by atoms with E-state index in [2.05, 4.69) is 25.6 Å². The standard InChI is InChI=1S/C13H16BrN3O3S/c1-4-17-8-13(15-9(17)2)21(18,19)16-12-7-10(20-3)5-6-11(12)14/h5-8,16H,4H2,1-3H3. The van der Waals surface area contributed by atoms with Gasteiger partial charge in [0.25, 0.3) is 10.0 Å². The summed E-state index contributed by atoms with van der Waals surface area (Å²) in [5, 5.41) is -0.00318. The van der Waals surface area contributed by atoms with Crippen molar-refractivity contribution in [2.75, 3.05) is 11.8 Å². The first kappa shape index (κ1) is 15.8. The Labute approximate surface area is 132 Å². The third kappa shape index (κ3) is 3.38. The quantitative estimate of drug-likeness (QED) is 0.874. The van der Waals surface area contributed by atoms with Crippen molar-refractivity contribution in [2.45, 2.75) is 25.4 Å².